The number of aliphatic carboxylic acids is 1. The van der Waals surface area contributed by atoms with E-state index in [4.69, 9.17) is 5.11 Å². The van der Waals surface area contributed by atoms with E-state index < -0.39 is 5.97 Å². The van der Waals surface area contributed by atoms with E-state index in [1.165, 1.54) is 0 Å². The summed E-state index contributed by atoms with van der Waals surface area (Å²) in [5.74, 6) is -0.953. The summed E-state index contributed by atoms with van der Waals surface area (Å²) in [6, 6.07) is 9.57. The molecule has 1 aliphatic rings. The molecule has 1 saturated heterocycles. The van der Waals surface area contributed by atoms with Gasteiger partial charge in [-0.2, -0.15) is 11.1 Å². The van der Waals surface area contributed by atoms with Gasteiger partial charge in [0.2, 0.25) is 0 Å². The van der Waals surface area contributed by atoms with Crippen molar-refractivity contribution < 1.29 is 9.90 Å². The number of hydrazine groups is 3. The van der Waals surface area contributed by atoms with E-state index in [2.05, 4.69) is 21.9 Å². The van der Waals surface area contributed by atoms with Gasteiger partial charge in [0.05, 0.1) is 12.6 Å². The van der Waals surface area contributed by atoms with Gasteiger partial charge in [0.1, 0.15) is 0 Å². The minimum absolute atomic E-state index is 0.0675. The summed E-state index contributed by atoms with van der Waals surface area (Å²) >= 11 is 0. The largest absolute Gasteiger partial charge is 0.481 e. The van der Waals surface area contributed by atoms with Crippen molar-refractivity contribution in [2.45, 2.75) is 18.5 Å². The summed E-state index contributed by atoms with van der Waals surface area (Å²) in [6.45, 7) is 0. The predicted octanol–water partition coefficient (Wildman–Crippen LogP) is -0.312. The van der Waals surface area contributed by atoms with Crippen molar-refractivity contribution in [3.05, 3.63) is 35.9 Å². The van der Waals surface area contributed by atoms with Crippen LogP contribution in [0, 0.1) is 0 Å². The number of benzene rings is 1. The molecule has 0 bridgehead atoms. The number of hydrogen-bond donors (Lipinski definition) is 5. The Kier molecular flexibility index (Phi) is 3.47. The number of carboxylic acid groups (broad SMARTS) is 1. The van der Waals surface area contributed by atoms with Gasteiger partial charge in [-0.05, 0) is 5.56 Å². The van der Waals surface area contributed by atoms with Crippen LogP contribution in [0.1, 0.15) is 17.9 Å². The lowest BCUT2D eigenvalue weighted by Crippen LogP contribution is -2.40. The molecule has 5 N–H and O–H groups in total. The molecule has 1 heterocycles. The van der Waals surface area contributed by atoms with Gasteiger partial charge in [0.15, 0.2) is 0 Å². The molecule has 6 heteroatoms. The van der Waals surface area contributed by atoms with E-state index in [9.17, 15) is 4.79 Å². The summed E-state index contributed by atoms with van der Waals surface area (Å²) in [4.78, 5) is 10.8. The average Bonchev–Trinajstić information content (AvgIpc) is 2.80. The van der Waals surface area contributed by atoms with E-state index >= 15 is 0 Å². The van der Waals surface area contributed by atoms with Gasteiger partial charge in [0.25, 0.3) is 0 Å². The molecular formula is C10H14N4O2. The lowest BCUT2D eigenvalue weighted by atomic mass is 9.93. The Bertz CT molecular complexity index is 351. The number of nitrogens with one attached hydrogen (secondary N) is 4. The summed E-state index contributed by atoms with van der Waals surface area (Å²) < 4.78 is 0. The van der Waals surface area contributed by atoms with E-state index in [1.54, 1.807) is 0 Å². The molecule has 1 atom stereocenters. The number of carbonyl (C=O) groups is 1. The van der Waals surface area contributed by atoms with Gasteiger partial charge in [-0.15, -0.1) is 0 Å². The van der Waals surface area contributed by atoms with Gasteiger partial charge in [-0.3, -0.25) is 4.79 Å². The Morgan fingerprint density at radius 2 is 1.88 bits per heavy atom. The molecule has 0 amide bonds. The zero-order valence-corrected chi connectivity index (χ0v) is 8.60. The van der Waals surface area contributed by atoms with E-state index in [0.29, 0.717) is 0 Å². The monoisotopic (exact) mass is 222 g/mol. The smallest absolute Gasteiger partial charge is 0.304 e. The zero-order valence-electron chi connectivity index (χ0n) is 8.60. The van der Waals surface area contributed by atoms with Crippen molar-refractivity contribution in [2.75, 3.05) is 0 Å². The van der Waals surface area contributed by atoms with Gasteiger partial charge < -0.3 is 5.11 Å². The van der Waals surface area contributed by atoms with Crippen molar-refractivity contribution in [3.8, 4) is 0 Å². The van der Waals surface area contributed by atoms with Crippen LogP contribution in [-0.2, 0) is 4.79 Å². The first-order valence-electron chi connectivity index (χ1n) is 5.05. The highest BCUT2D eigenvalue weighted by atomic mass is 16.4. The SMILES string of the molecule is O=C(O)CC(c1ccccc1)C1NNNN1. The fourth-order valence-electron chi connectivity index (χ4n) is 1.78. The first kappa shape index (κ1) is 11.0. The third kappa shape index (κ3) is 2.56. The molecule has 1 aromatic carbocycles. The third-order valence-electron chi connectivity index (χ3n) is 2.54. The molecule has 2 rings (SSSR count). The number of carboxylic acids is 1. The standard InChI is InChI=1S/C10H14N4O2/c15-9(16)6-8(10-11-13-14-12-10)7-4-2-1-3-5-7/h1-5,8,10-14H,6H2,(H,15,16). The van der Waals surface area contributed by atoms with Crippen LogP contribution >= 0.6 is 0 Å². The molecular weight excluding hydrogens is 208 g/mol. The molecule has 1 aliphatic heterocycles. The maximum Gasteiger partial charge on any atom is 0.304 e. The minimum atomic E-state index is -0.815. The fraction of sp³-hybridized carbons (Fsp3) is 0.300. The van der Waals surface area contributed by atoms with Crippen LogP contribution in [0.3, 0.4) is 0 Å². The first-order valence-corrected chi connectivity index (χ1v) is 5.05. The predicted molar refractivity (Wildman–Crippen MR) is 57.8 cm³/mol. The van der Waals surface area contributed by atoms with Crippen LogP contribution in [0.2, 0.25) is 0 Å². The highest BCUT2D eigenvalue weighted by Crippen LogP contribution is 2.22. The Hall–Kier alpha value is -1.47. The Balaban J connectivity index is 2.16. The zero-order chi connectivity index (χ0) is 11.4. The number of rotatable bonds is 4. The second-order valence-corrected chi connectivity index (χ2v) is 3.63. The van der Waals surface area contributed by atoms with Crippen LogP contribution < -0.4 is 21.9 Å². The molecule has 0 spiro atoms. The Labute approximate surface area is 93.0 Å². The maximum atomic E-state index is 10.8. The highest BCUT2D eigenvalue weighted by molar-refractivity contribution is 5.68. The minimum Gasteiger partial charge on any atom is -0.481 e. The Morgan fingerprint density at radius 1 is 1.25 bits per heavy atom. The second kappa shape index (κ2) is 5.04. The summed E-state index contributed by atoms with van der Waals surface area (Å²) in [6.07, 6.45) is -0.0867. The van der Waals surface area contributed by atoms with Gasteiger partial charge in [-0.1, -0.05) is 30.3 Å². The molecule has 86 valence electrons. The van der Waals surface area contributed by atoms with Crippen LogP contribution in [0.5, 0.6) is 0 Å². The second-order valence-electron chi connectivity index (χ2n) is 3.63. The third-order valence-corrected chi connectivity index (χ3v) is 2.54. The number of hydrogen-bond acceptors (Lipinski definition) is 5. The topological polar surface area (TPSA) is 85.4 Å². The quantitative estimate of drug-likeness (QED) is 0.480. The van der Waals surface area contributed by atoms with Crippen molar-refractivity contribution >= 4 is 5.97 Å². The Morgan fingerprint density at radius 3 is 2.44 bits per heavy atom. The van der Waals surface area contributed by atoms with Crippen molar-refractivity contribution in [2.24, 2.45) is 0 Å². The molecule has 1 unspecified atom stereocenters. The normalized spacial score (nSPS) is 18.5. The molecule has 6 nitrogen and oxygen atoms in total. The summed E-state index contributed by atoms with van der Waals surface area (Å²) in [5.41, 5.74) is 12.2. The first-order chi connectivity index (χ1) is 7.77. The average molecular weight is 222 g/mol. The van der Waals surface area contributed by atoms with Crippen LogP contribution in [0.15, 0.2) is 30.3 Å². The lowest BCUT2D eigenvalue weighted by molar-refractivity contribution is -0.137. The van der Waals surface area contributed by atoms with Gasteiger partial charge in [0, 0.05) is 5.92 Å². The van der Waals surface area contributed by atoms with E-state index in [0.717, 1.165) is 5.56 Å². The highest BCUT2D eigenvalue weighted by Gasteiger charge is 2.27. The lowest BCUT2D eigenvalue weighted by Gasteiger charge is -2.21. The molecule has 0 aromatic heterocycles. The van der Waals surface area contributed by atoms with E-state index in [1.807, 2.05) is 30.3 Å². The maximum absolute atomic E-state index is 10.8. The summed E-state index contributed by atoms with van der Waals surface area (Å²) in [5, 5.41) is 8.91. The molecule has 0 radical (unpaired) electrons. The van der Waals surface area contributed by atoms with Crippen molar-refractivity contribution in [1.82, 2.24) is 21.9 Å². The van der Waals surface area contributed by atoms with Gasteiger partial charge in [-0.25, -0.2) is 10.9 Å². The van der Waals surface area contributed by atoms with Crippen LogP contribution in [0.4, 0.5) is 0 Å². The van der Waals surface area contributed by atoms with Crippen molar-refractivity contribution in [1.29, 1.82) is 0 Å². The molecule has 0 saturated carbocycles. The van der Waals surface area contributed by atoms with Gasteiger partial charge >= 0.3 is 5.97 Å². The molecule has 1 aromatic rings. The molecule has 0 aliphatic carbocycles. The van der Waals surface area contributed by atoms with E-state index in [-0.39, 0.29) is 18.5 Å². The molecule has 1 fully saturated rings. The van der Waals surface area contributed by atoms with Crippen molar-refractivity contribution in [3.63, 3.8) is 0 Å². The summed E-state index contributed by atoms with van der Waals surface area (Å²) in [7, 11) is 0. The fourth-order valence-corrected chi connectivity index (χ4v) is 1.78. The molecule has 16 heavy (non-hydrogen) atoms. The van der Waals surface area contributed by atoms with Crippen LogP contribution in [0.25, 0.3) is 0 Å². The van der Waals surface area contributed by atoms with Crippen LogP contribution in [-0.4, -0.2) is 17.2 Å².